The smallest absolute Gasteiger partial charge is 0.119 e. The third-order valence-corrected chi connectivity index (χ3v) is 11.1. The van der Waals surface area contributed by atoms with E-state index in [2.05, 4.69) is 49.1 Å². The molecule has 1 N–H and O–H groups in total. The monoisotopic (exact) mass is 517 g/mol. The van der Waals surface area contributed by atoms with Gasteiger partial charge in [0.05, 0.1) is 6.61 Å². The molecule has 1 heterocycles. The van der Waals surface area contributed by atoms with E-state index >= 15 is 0 Å². The van der Waals surface area contributed by atoms with E-state index < -0.39 is 0 Å². The Bertz CT molecular complexity index is 1100. The fourth-order valence-corrected chi connectivity index (χ4v) is 9.20. The highest BCUT2D eigenvalue weighted by Gasteiger charge is 2.55. The normalized spacial score (nSPS) is 34.8. The second kappa shape index (κ2) is 10.8. The molecule has 0 amide bonds. The zero-order chi connectivity index (χ0) is 26.3. The lowest BCUT2D eigenvalue weighted by atomic mass is 9.51. The summed E-state index contributed by atoms with van der Waals surface area (Å²) in [4.78, 5) is 2.46. The lowest BCUT2D eigenvalue weighted by Gasteiger charge is -2.53. The van der Waals surface area contributed by atoms with Crippen molar-refractivity contribution in [1.82, 2.24) is 4.90 Å². The average molecular weight is 518 g/mol. The van der Waals surface area contributed by atoms with Crippen LogP contribution in [0.4, 0.5) is 0 Å². The van der Waals surface area contributed by atoms with Gasteiger partial charge in [-0.15, -0.1) is 0 Å². The molecule has 2 aromatic carbocycles. The summed E-state index contributed by atoms with van der Waals surface area (Å²) in [5.41, 5.74) is 4.69. The van der Waals surface area contributed by atoms with Crippen molar-refractivity contribution in [3.05, 3.63) is 59.2 Å². The number of fused-ring (bicyclic) bond motifs is 5. The second-order valence-corrected chi connectivity index (χ2v) is 13.1. The van der Waals surface area contributed by atoms with Gasteiger partial charge in [0.15, 0.2) is 0 Å². The van der Waals surface area contributed by atoms with Gasteiger partial charge >= 0.3 is 0 Å². The zero-order valence-electron chi connectivity index (χ0n) is 23.7. The first-order chi connectivity index (χ1) is 18.5. The van der Waals surface area contributed by atoms with Crippen molar-refractivity contribution < 1.29 is 14.6 Å². The molecule has 4 nitrogen and oxygen atoms in total. The van der Waals surface area contributed by atoms with Crippen molar-refractivity contribution >= 4 is 0 Å². The molecule has 2 saturated carbocycles. The molecule has 0 aromatic heterocycles. The van der Waals surface area contributed by atoms with E-state index in [-0.39, 0.29) is 6.23 Å². The summed E-state index contributed by atoms with van der Waals surface area (Å²) in [5.74, 6) is 5.13. The number of methoxy groups -OCH3 is 1. The van der Waals surface area contributed by atoms with Crippen LogP contribution in [0, 0.1) is 29.1 Å². The van der Waals surface area contributed by atoms with Gasteiger partial charge in [-0.25, -0.2) is 0 Å². The van der Waals surface area contributed by atoms with Gasteiger partial charge in [0.1, 0.15) is 17.7 Å². The highest BCUT2D eigenvalue weighted by molar-refractivity contribution is 5.40. The number of rotatable bonds is 7. The fourth-order valence-electron chi connectivity index (χ4n) is 9.20. The molecule has 1 aliphatic heterocycles. The van der Waals surface area contributed by atoms with Gasteiger partial charge in [-0.3, -0.25) is 4.90 Å². The van der Waals surface area contributed by atoms with Crippen LogP contribution in [0.15, 0.2) is 42.5 Å². The first-order valence-corrected chi connectivity index (χ1v) is 15.3. The topological polar surface area (TPSA) is 41.9 Å². The quantitative estimate of drug-likeness (QED) is 0.412. The minimum absolute atomic E-state index is 0.256. The fraction of sp³-hybridized carbons (Fsp3) is 0.647. The van der Waals surface area contributed by atoms with Crippen LogP contribution >= 0.6 is 0 Å². The van der Waals surface area contributed by atoms with Crippen molar-refractivity contribution in [2.45, 2.75) is 90.3 Å². The van der Waals surface area contributed by atoms with Crippen LogP contribution < -0.4 is 4.74 Å². The van der Waals surface area contributed by atoms with Crippen molar-refractivity contribution in [1.29, 1.82) is 0 Å². The number of hydrogen-bond donors (Lipinski definition) is 1. The maximum Gasteiger partial charge on any atom is 0.119 e. The van der Waals surface area contributed by atoms with Crippen LogP contribution in [-0.2, 0) is 17.7 Å². The van der Waals surface area contributed by atoms with E-state index in [4.69, 9.17) is 9.47 Å². The van der Waals surface area contributed by atoms with E-state index in [9.17, 15) is 5.11 Å². The molecule has 206 valence electrons. The number of aromatic hydroxyl groups is 1. The Morgan fingerprint density at radius 2 is 1.87 bits per heavy atom. The van der Waals surface area contributed by atoms with Crippen LogP contribution in [0.1, 0.15) is 87.8 Å². The van der Waals surface area contributed by atoms with E-state index in [0.29, 0.717) is 23.0 Å². The van der Waals surface area contributed by atoms with Crippen LogP contribution in [-0.4, -0.2) is 36.5 Å². The van der Waals surface area contributed by atoms with Crippen LogP contribution in [0.25, 0.3) is 0 Å². The highest BCUT2D eigenvalue weighted by Crippen LogP contribution is 2.64. The number of ether oxygens (including phenoxy) is 2. The average Bonchev–Trinajstić information content (AvgIpc) is 3.25. The molecular formula is C34H47NO3. The van der Waals surface area contributed by atoms with Crippen molar-refractivity contribution in [2.75, 3.05) is 20.3 Å². The predicted molar refractivity (Wildman–Crippen MR) is 152 cm³/mol. The summed E-state index contributed by atoms with van der Waals surface area (Å²) in [5, 5.41) is 10.0. The van der Waals surface area contributed by atoms with E-state index in [1.807, 2.05) is 19.2 Å². The molecule has 0 bridgehead atoms. The molecule has 1 unspecified atom stereocenters. The molecule has 7 atom stereocenters. The number of hydrogen-bond acceptors (Lipinski definition) is 4. The molecule has 38 heavy (non-hydrogen) atoms. The van der Waals surface area contributed by atoms with Gasteiger partial charge in [0, 0.05) is 20.2 Å². The third kappa shape index (κ3) is 4.88. The summed E-state index contributed by atoms with van der Waals surface area (Å²) in [7, 11) is 1.83. The maximum atomic E-state index is 10.0. The standard InChI is InChI=1S/C34H47NO3/c1-23-20-25-21-27(36)10-13-29(25)30-15-17-34(2)26(9-14-31(34)33(23)30)16-19-38-28-11-7-24(8-12-28)22-35-18-5-4-6-32(35)37-3/h7-8,10-13,21,23,26,30-33,36H,4-6,9,14-20,22H2,1-3H3/t23-,26-,30-,31+,32?,33-,34-/m1/s1. The molecule has 4 aliphatic rings. The molecule has 3 fully saturated rings. The number of benzene rings is 2. The van der Waals surface area contributed by atoms with E-state index in [1.54, 1.807) is 0 Å². The molecular weight excluding hydrogens is 470 g/mol. The van der Waals surface area contributed by atoms with Crippen LogP contribution in [0.5, 0.6) is 11.5 Å². The van der Waals surface area contributed by atoms with Gasteiger partial charge < -0.3 is 14.6 Å². The lowest BCUT2D eigenvalue weighted by molar-refractivity contribution is -0.0599. The second-order valence-electron chi connectivity index (χ2n) is 13.1. The summed E-state index contributed by atoms with van der Waals surface area (Å²) in [6.45, 7) is 7.96. The number of phenols is 1. The highest BCUT2D eigenvalue weighted by atomic mass is 16.5. The molecule has 2 aromatic rings. The number of piperidine rings is 1. The zero-order valence-corrected chi connectivity index (χ0v) is 23.7. The summed E-state index contributed by atoms with van der Waals surface area (Å²) in [6, 6.07) is 14.9. The minimum Gasteiger partial charge on any atom is -0.508 e. The van der Waals surface area contributed by atoms with E-state index in [0.717, 1.165) is 62.5 Å². The van der Waals surface area contributed by atoms with Gasteiger partial charge in [-0.2, -0.15) is 0 Å². The van der Waals surface area contributed by atoms with Crippen LogP contribution in [0.2, 0.25) is 0 Å². The molecule has 0 radical (unpaired) electrons. The molecule has 4 heteroatoms. The minimum atomic E-state index is 0.256. The number of phenolic OH excluding ortho intramolecular Hbond substituents is 1. The van der Waals surface area contributed by atoms with Crippen molar-refractivity contribution in [2.24, 2.45) is 29.1 Å². The van der Waals surface area contributed by atoms with Gasteiger partial charge in [0.25, 0.3) is 0 Å². The van der Waals surface area contributed by atoms with Crippen LogP contribution in [0.3, 0.4) is 0 Å². The Hall–Kier alpha value is -2.04. The Balaban J connectivity index is 1.05. The Kier molecular flexibility index (Phi) is 7.48. The predicted octanol–water partition coefficient (Wildman–Crippen LogP) is 7.54. The Labute approximate surface area is 229 Å². The summed E-state index contributed by atoms with van der Waals surface area (Å²) >= 11 is 0. The Morgan fingerprint density at radius 1 is 1.03 bits per heavy atom. The van der Waals surface area contributed by atoms with Gasteiger partial charge in [-0.1, -0.05) is 32.0 Å². The first kappa shape index (κ1) is 26.2. The maximum absolute atomic E-state index is 10.0. The first-order valence-electron chi connectivity index (χ1n) is 15.3. The van der Waals surface area contributed by atoms with Gasteiger partial charge in [0.2, 0.25) is 0 Å². The number of likely N-dealkylation sites (tertiary alicyclic amines) is 1. The Morgan fingerprint density at radius 3 is 2.68 bits per heavy atom. The summed E-state index contributed by atoms with van der Waals surface area (Å²) in [6.07, 6.45) is 11.5. The van der Waals surface area contributed by atoms with Gasteiger partial charge in [-0.05, 0) is 134 Å². The van der Waals surface area contributed by atoms with Crippen molar-refractivity contribution in [3.63, 3.8) is 0 Å². The molecule has 0 spiro atoms. The molecule has 3 aliphatic carbocycles. The lowest BCUT2D eigenvalue weighted by Crippen LogP contribution is -2.45. The van der Waals surface area contributed by atoms with E-state index in [1.165, 1.54) is 55.2 Å². The number of nitrogens with zero attached hydrogens (tertiary/aromatic N) is 1. The molecule has 1 saturated heterocycles. The largest absolute Gasteiger partial charge is 0.508 e. The summed E-state index contributed by atoms with van der Waals surface area (Å²) < 4.78 is 12.0. The molecule has 6 rings (SSSR count). The van der Waals surface area contributed by atoms with Crippen molar-refractivity contribution in [3.8, 4) is 11.5 Å². The third-order valence-electron chi connectivity index (χ3n) is 11.1. The SMILES string of the molecule is COC1CCCCN1Cc1ccc(OCC[C@H]2CC[C@H]3[C@@H]4[C@H](C)Cc5cc(O)ccc5[C@H]4CC[C@]23C)cc1.